The molecule has 2 aromatic heterocycles. The van der Waals surface area contributed by atoms with E-state index in [1.54, 1.807) is 7.11 Å². The molecule has 1 aromatic carbocycles. The monoisotopic (exact) mass is 403 g/mol. The zero-order valence-corrected chi connectivity index (χ0v) is 16.6. The van der Waals surface area contributed by atoms with Gasteiger partial charge in [0.15, 0.2) is 0 Å². The number of carbonyl (C=O) groups excluding carboxylic acids is 1. The second-order valence-electron chi connectivity index (χ2n) is 5.90. The summed E-state index contributed by atoms with van der Waals surface area (Å²) in [5, 5.41) is 3.44. The molecule has 0 fully saturated rings. The van der Waals surface area contributed by atoms with Crippen molar-refractivity contribution in [1.82, 2.24) is 15.3 Å². The molecule has 0 radical (unpaired) electrons. The quantitative estimate of drug-likeness (QED) is 0.537. The lowest BCUT2D eigenvalue weighted by Crippen LogP contribution is -2.26. The number of nitrogens with zero attached hydrogens (tertiary/aromatic N) is 1. The first-order chi connectivity index (χ1) is 13.2. The minimum atomic E-state index is -0.141. The van der Waals surface area contributed by atoms with Gasteiger partial charge >= 0.3 is 0 Å². The maximum Gasteiger partial charge on any atom is 0.259 e. The standard InChI is InChI=1S/C19H21N3O3S2/c1-25-9-5-8-20-17(23)12-26-11-16-21-18(24)14-10-15(27-19(14)22-16)13-6-3-2-4-7-13/h2-4,6-7,10H,5,8-9,11-12H2,1H3,(H,20,23)(H,21,22,24). The zero-order valence-electron chi connectivity index (χ0n) is 15.0. The predicted octanol–water partition coefficient (Wildman–Crippen LogP) is 3.04. The first kappa shape index (κ1) is 19.6. The first-order valence-electron chi connectivity index (χ1n) is 8.59. The molecule has 3 rings (SSSR count). The third kappa shape index (κ3) is 5.41. The first-order valence-corrected chi connectivity index (χ1v) is 10.6. The van der Waals surface area contributed by atoms with Crippen molar-refractivity contribution in [2.24, 2.45) is 0 Å². The number of H-pyrrole nitrogens is 1. The number of thioether (sulfide) groups is 1. The van der Waals surface area contributed by atoms with Gasteiger partial charge in [-0.1, -0.05) is 30.3 Å². The van der Waals surface area contributed by atoms with Crippen molar-refractivity contribution in [1.29, 1.82) is 0 Å². The van der Waals surface area contributed by atoms with Gasteiger partial charge in [-0.05, 0) is 18.1 Å². The number of fused-ring (bicyclic) bond motifs is 1. The number of nitrogens with one attached hydrogen (secondary N) is 2. The molecule has 1 amide bonds. The average Bonchev–Trinajstić information content (AvgIpc) is 3.11. The Morgan fingerprint density at radius 2 is 2.15 bits per heavy atom. The summed E-state index contributed by atoms with van der Waals surface area (Å²) in [6.45, 7) is 1.23. The summed E-state index contributed by atoms with van der Waals surface area (Å²) < 4.78 is 4.94. The Labute approximate surface area is 165 Å². The fourth-order valence-electron chi connectivity index (χ4n) is 2.52. The molecule has 0 saturated heterocycles. The lowest BCUT2D eigenvalue weighted by atomic mass is 10.2. The molecular weight excluding hydrogens is 382 g/mol. The van der Waals surface area contributed by atoms with Crippen LogP contribution in [0.25, 0.3) is 20.7 Å². The van der Waals surface area contributed by atoms with E-state index in [-0.39, 0.29) is 11.5 Å². The highest BCUT2D eigenvalue weighted by Crippen LogP contribution is 2.30. The highest BCUT2D eigenvalue weighted by atomic mass is 32.2. The smallest absolute Gasteiger partial charge is 0.259 e. The van der Waals surface area contributed by atoms with Gasteiger partial charge in [0, 0.05) is 25.1 Å². The molecule has 0 spiro atoms. The summed E-state index contributed by atoms with van der Waals surface area (Å²) in [6.07, 6.45) is 0.792. The molecule has 6 nitrogen and oxygen atoms in total. The van der Waals surface area contributed by atoms with Crippen LogP contribution in [-0.2, 0) is 15.3 Å². The highest BCUT2D eigenvalue weighted by Gasteiger charge is 2.11. The van der Waals surface area contributed by atoms with E-state index in [4.69, 9.17) is 4.74 Å². The molecule has 0 bridgehead atoms. The lowest BCUT2D eigenvalue weighted by Gasteiger charge is -2.04. The Balaban J connectivity index is 1.61. The summed E-state index contributed by atoms with van der Waals surface area (Å²) in [5.41, 5.74) is 0.930. The number of ether oxygens (including phenoxy) is 1. The number of thiophene rings is 1. The molecule has 0 saturated carbocycles. The van der Waals surface area contributed by atoms with Crippen molar-refractivity contribution < 1.29 is 9.53 Å². The third-order valence-electron chi connectivity index (χ3n) is 3.83. The molecule has 0 aliphatic carbocycles. The number of aromatic amines is 1. The van der Waals surface area contributed by atoms with Crippen LogP contribution in [0.15, 0.2) is 41.2 Å². The summed E-state index contributed by atoms with van der Waals surface area (Å²) in [5.74, 6) is 1.37. The molecule has 2 heterocycles. The van der Waals surface area contributed by atoms with Crippen LogP contribution in [0.3, 0.4) is 0 Å². The van der Waals surface area contributed by atoms with Gasteiger partial charge in [-0.15, -0.1) is 23.1 Å². The number of carbonyl (C=O) groups is 1. The van der Waals surface area contributed by atoms with E-state index in [1.807, 2.05) is 36.4 Å². The molecule has 3 aromatic rings. The van der Waals surface area contributed by atoms with Crippen LogP contribution >= 0.6 is 23.1 Å². The van der Waals surface area contributed by atoms with Gasteiger partial charge in [-0.25, -0.2) is 4.98 Å². The van der Waals surface area contributed by atoms with E-state index in [1.165, 1.54) is 23.1 Å². The Kier molecular flexibility index (Phi) is 7.03. The van der Waals surface area contributed by atoms with E-state index in [2.05, 4.69) is 15.3 Å². The van der Waals surface area contributed by atoms with Gasteiger partial charge in [0.05, 0.1) is 16.9 Å². The van der Waals surface area contributed by atoms with Crippen molar-refractivity contribution >= 4 is 39.2 Å². The molecule has 0 unspecified atom stereocenters. The lowest BCUT2D eigenvalue weighted by molar-refractivity contribution is -0.118. The van der Waals surface area contributed by atoms with Crippen molar-refractivity contribution in [3.05, 3.63) is 52.6 Å². The van der Waals surface area contributed by atoms with Gasteiger partial charge in [0.2, 0.25) is 5.91 Å². The number of rotatable bonds is 9. The van der Waals surface area contributed by atoms with Crippen LogP contribution in [0.5, 0.6) is 0 Å². The Bertz CT molecular complexity index is 954. The SMILES string of the molecule is COCCCNC(=O)CSCc1nc2sc(-c3ccccc3)cc2c(=O)[nH]1. The van der Waals surface area contributed by atoms with Crippen LogP contribution in [0, 0.1) is 0 Å². The zero-order chi connectivity index (χ0) is 19.1. The second kappa shape index (κ2) is 9.68. The van der Waals surface area contributed by atoms with Gasteiger partial charge in [-0.3, -0.25) is 9.59 Å². The molecule has 8 heteroatoms. The topological polar surface area (TPSA) is 84.1 Å². The maximum atomic E-state index is 12.4. The molecule has 0 atom stereocenters. The highest BCUT2D eigenvalue weighted by molar-refractivity contribution is 7.99. The van der Waals surface area contributed by atoms with E-state index in [0.717, 1.165) is 21.7 Å². The van der Waals surface area contributed by atoms with Crippen LogP contribution in [0.2, 0.25) is 0 Å². The Morgan fingerprint density at radius 3 is 2.93 bits per heavy atom. The minimum Gasteiger partial charge on any atom is -0.385 e. The van der Waals surface area contributed by atoms with Crippen molar-refractivity contribution in [2.45, 2.75) is 12.2 Å². The number of methoxy groups -OCH3 is 1. The van der Waals surface area contributed by atoms with Gasteiger partial charge < -0.3 is 15.0 Å². The molecule has 0 aliphatic heterocycles. The van der Waals surface area contributed by atoms with E-state index in [9.17, 15) is 9.59 Å². The number of hydrogen-bond acceptors (Lipinski definition) is 6. The summed E-state index contributed by atoms with van der Waals surface area (Å²) in [6, 6.07) is 11.8. The van der Waals surface area contributed by atoms with Gasteiger partial charge in [-0.2, -0.15) is 0 Å². The normalized spacial score (nSPS) is 11.0. The van der Waals surface area contributed by atoms with Crippen LogP contribution < -0.4 is 10.9 Å². The van der Waals surface area contributed by atoms with E-state index in [0.29, 0.717) is 35.9 Å². The Hall–Kier alpha value is -2.16. The fourth-order valence-corrected chi connectivity index (χ4v) is 4.30. The molecule has 142 valence electrons. The Morgan fingerprint density at radius 1 is 1.33 bits per heavy atom. The van der Waals surface area contributed by atoms with Crippen LogP contribution in [0.4, 0.5) is 0 Å². The van der Waals surface area contributed by atoms with E-state index < -0.39 is 0 Å². The van der Waals surface area contributed by atoms with Gasteiger partial charge in [0.1, 0.15) is 10.7 Å². The van der Waals surface area contributed by atoms with Crippen LogP contribution in [0.1, 0.15) is 12.2 Å². The number of hydrogen-bond donors (Lipinski definition) is 2. The molecule has 27 heavy (non-hydrogen) atoms. The average molecular weight is 404 g/mol. The second-order valence-corrected chi connectivity index (χ2v) is 7.91. The molecular formula is C19H21N3O3S2. The van der Waals surface area contributed by atoms with E-state index >= 15 is 0 Å². The molecule has 0 aliphatic rings. The van der Waals surface area contributed by atoms with Crippen LogP contribution in [-0.4, -0.2) is 41.9 Å². The number of aromatic nitrogens is 2. The maximum absolute atomic E-state index is 12.4. The van der Waals surface area contributed by atoms with Gasteiger partial charge in [0.25, 0.3) is 5.56 Å². The number of amides is 1. The summed E-state index contributed by atoms with van der Waals surface area (Å²) >= 11 is 2.93. The van der Waals surface area contributed by atoms with Crippen molar-refractivity contribution in [3.8, 4) is 10.4 Å². The molecule has 2 N–H and O–H groups in total. The minimum absolute atomic E-state index is 0.0259. The predicted molar refractivity (Wildman–Crippen MR) is 111 cm³/mol. The summed E-state index contributed by atoms with van der Waals surface area (Å²) in [4.78, 5) is 33.2. The van der Waals surface area contributed by atoms with Crippen molar-refractivity contribution in [2.75, 3.05) is 26.0 Å². The summed E-state index contributed by atoms with van der Waals surface area (Å²) in [7, 11) is 1.64. The van der Waals surface area contributed by atoms with Crippen molar-refractivity contribution in [3.63, 3.8) is 0 Å². The fraction of sp³-hybridized carbons (Fsp3) is 0.316. The third-order valence-corrected chi connectivity index (χ3v) is 5.85. The number of benzene rings is 1. The largest absolute Gasteiger partial charge is 0.385 e.